The molecule has 1 N–H and O–H groups in total. The van der Waals surface area contributed by atoms with Crippen molar-refractivity contribution in [2.24, 2.45) is 0 Å². The van der Waals surface area contributed by atoms with Crippen LogP contribution in [-0.4, -0.2) is 5.11 Å². The maximum Gasteiger partial charge on any atom is 0.343 e. The number of fused-ring (bicyclic) bond motifs is 1. The molecule has 112 valence electrons. The first-order chi connectivity index (χ1) is 10.6. The Balaban J connectivity index is 1.84. The van der Waals surface area contributed by atoms with E-state index in [1.165, 1.54) is 11.6 Å². The van der Waals surface area contributed by atoms with Crippen LogP contribution in [0.25, 0.3) is 11.0 Å². The molecule has 0 saturated heterocycles. The zero-order chi connectivity index (χ0) is 15.5. The van der Waals surface area contributed by atoms with Crippen molar-refractivity contribution in [2.45, 2.75) is 19.3 Å². The van der Waals surface area contributed by atoms with Gasteiger partial charge in [-0.3, -0.25) is 0 Å². The third kappa shape index (κ3) is 3.00. The van der Waals surface area contributed by atoms with E-state index in [0.717, 1.165) is 12.8 Å². The molecule has 0 radical (unpaired) electrons. The molecule has 2 aromatic carbocycles. The van der Waals surface area contributed by atoms with Gasteiger partial charge in [0, 0.05) is 11.1 Å². The minimum atomic E-state index is -0.500. The lowest BCUT2D eigenvalue weighted by molar-refractivity contribution is 0.455. The predicted molar refractivity (Wildman–Crippen MR) is 87.6 cm³/mol. The van der Waals surface area contributed by atoms with Crippen LogP contribution in [0.15, 0.2) is 57.7 Å². The van der Waals surface area contributed by atoms with Crippen LogP contribution in [-0.2, 0) is 12.8 Å². The Labute approximate surface area is 132 Å². The second-order valence-electron chi connectivity index (χ2n) is 5.20. The highest BCUT2D eigenvalue weighted by molar-refractivity contribution is 6.31. The van der Waals surface area contributed by atoms with Crippen molar-refractivity contribution in [3.63, 3.8) is 0 Å². The summed E-state index contributed by atoms with van der Waals surface area (Å²) in [5.74, 6) is -0.00372. The molecular formula is C18H15ClO3. The molecule has 3 nitrogen and oxygen atoms in total. The lowest BCUT2D eigenvalue weighted by Gasteiger charge is -2.07. The molecule has 4 heteroatoms. The molecule has 1 aromatic heterocycles. The van der Waals surface area contributed by atoms with Gasteiger partial charge in [0.2, 0.25) is 0 Å². The van der Waals surface area contributed by atoms with Gasteiger partial charge in [0.25, 0.3) is 0 Å². The third-order valence-corrected chi connectivity index (χ3v) is 3.90. The van der Waals surface area contributed by atoms with E-state index < -0.39 is 5.63 Å². The van der Waals surface area contributed by atoms with Crippen LogP contribution in [0.5, 0.6) is 5.75 Å². The summed E-state index contributed by atoms with van der Waals surface area (Å²) in [6.07, 6.45) is 2.08. The Hall–Kier alpha value is -2.26. The number of aryl methyl sites for hydroxylation is 1. The van der Waals surface area contributed by atoms with Crippen LogP contribution in [0.3, 0.4) is 0 Å². The van der Waals surface area contributed by atoms with Crippen molar-refractivity contribution in [2.75, 3.05) is 0 Å². The Morgan fingerprint density at radius 1 is 1.05 bits per heavy atom. The Kier molecular flexibility index (Phi) is 4.16. The fourth-order valence-electron chi connectivity index (χ4n) is 2.53. The van der Waals surface area contributed by atoms with Crippen molar-refractivity contribution in [3.05, 3.63) is 75.1 Å². The van der Waals surface area contributed by atoms with Gasteiger partial charge in [-0.05, 0) is 37.0 Å². The van der Waals surface area contributed by atoms with Gasteiger partial charge < -0.3 is 9.52 Å². The van der Waals surface area contributed by atoms with Gasteiger partial charge in [-0.2, -0.15) is 0 Å². The second-order valence-corrected chi connectivity index (χ2v) is 5.63. The molecule has 0 amide bonds. The summed E-state index contributed by atoms with van der Waals surface area (Å²) in [5, 5.41) is 11.3. The molecule has 0 saturated carbocycles. The Morgan fingerprint density at radius 3 is 2.59 bits per heavy atom. The third-order valence-electron chi connectivity index (χ3n) is 3.67. The summed E-state index contributed by atoms with van der Waals surface area (Å²) in [6.45, 7) is 0. The fraction of sp³-hybridized carbons (Fsp3) is 0.167. The van der Waals surface area contributed by atoms with Crippen molar-refractivity contribution < 1.29 is 9.52 Å². The van der Waals surface area contributed by atoms with Crippen LogP contribution in [0.2, 0.25) is 5.02 Å². The number of benzene rings is 2. The zero-order valence-corrected chi connectivity index (χ0v) is 12.6. The van der Waals surface area contributed by atoms with Crippen molar-refractivity contribution in [3.8, 4) is 5.75 Å². The standard InChI is InChI=1S/C18H15ClO3/c19-13-9-10-14-16(11-13)22-18(21)15(17(14)20)8-4-7-12-5-2-1-3-6-12/h1-3,5-6,9-11,20H,4,7-8H2. The molecule has 0 aliphatic heterocycles. The summed E-state index contributed by atoms with van der Waals surface area (Å²) >= 11 is 5.87. The molecule has 22 heavy (non-hydrogen) atoms. The fourth-order valence-corrected chi connectivity index (χ4v) is 2.69. The van der Waals surface area contributed by atoms with E-state index in [4.69, 9.17) is 16.0 Å². The largest absolute Gasteiger partial charge is 0.507 e. The highest BCUT2D eigenvalue weighted by Crippen LogP contribution is 2.29. The summed E-state index contributed by atoms with van der Waals surface area (Å²) < 4.78 is 5.26. The van der Waals surface area contributed by atoms with E-state index in [2.05, 4.69) is 0 Å². The van der Waals surface area contributed by atoms with Crippen LogP contribution in [0.4, 0.5) is 0 Å². The molecule has 0 bridgehead atoms. The first kappa shape index (κ1) is 14.7. The van der Waals surface area contributed by atoms with Gasteiger partial charge in [-0.1, -0.05) is 41.9 Å². The predicted octanol–water partition coefficient (Wildman–Crippen LogP) is 4.33. The molecule has 3 rings (SSSR count). The van der Waals surface area contributed by atoms with E-state index in [-0.39, 0.29) is 5.75 Å². The van der Waals surface area contributed by atoms with Gasteiger partial charge in [-0.25, -0.2) is 4.79 Å². The molecule has 0 atom stereocenters. The van der Waals surface area contributed by atoms with Crippen LogP contribution in [0.1, 0.15) is 17.5 Å². The quantitative estimate of drug-likeness (QED) is 0.729. The molecule has 0 aliphatic rings. The minimum Gasteiger partial charge on any atom is -0.507 e. The van der Waals surface area contributed by atoms with Gasteiger partial charge in [0.15, 0.2) is 0 Å². The average Bonchev–Trinajstić information content (AvgIpc) is 2.51. The number of rotatable bonds is 4. The molecule has 0 spiro atoms. The first-order valence-corrected chi connectivity index (χ1v) is 7.51. The highest BCUT2D eigenvalue weighted by atomic mass is 35.5. The van der Waals surface area contributed by atoms with Crippen LogP contribution >= 0.6 is 11.6 Å². The van der Waals surface area contributed by atoms with E-state index in [0.29, 0.717) is 28.0 Å². The molecule has 0 aliphatic carbocycles. The van der Waals surface area contributed by atoms with E-state index in [1.54, 1.807) is 12.1 Å². The van der Waals surface area contributed by atoms with Crippen molar-refractivity contribution in [1.82, 2.24) is 0 Å². The lowest BCUT2D eigenvalue weighted by atomic mass is 10.0. The summed E-state index contributed by atoms with van der Waals surface area (Å²) in [4.78, 5) is 12.0. The number of hydrogen-bond donors (Lipinski definition) is 1. The van der Waals surface area contributed by atoms with Gasteiger partial charge in [-0.15, -0.1) is 0 Å². The van der Waals surface area contributed by atoms with Gasteiger partial charge in [0.05, 0.1) is 10.9 Å². The van der Waals surface area contributed by atoms with E-state index in [1.807, 2.05) is 30.3 Å². The number of halogens is 1. The van der Waals surface area contributed by atoms with Crippen molar-refractivity contribution >= 4 is 22.6 Å². The smallest absolute Gasteiger partial charge is 0.343 e. The maximum absolute atomic E-state index is 12.0. The topological polar surface area (TPSA) is 50.4 Å². The Morgan fingerprint density at radius 2 is 1.82 bits per heavy atom. The maximum atomic E-state index is 12.0. The SMILES string of the molecule is O=c1oc2cc(Cl)ccc2c(O)c1CCCc1ccccc1. The minimum absolute atomic E-state index is 0.00372. The highest BCUT2D eigenvalue weighted by Gasteiger charge is 2.13. The molecular weight excluding hydrogens is 300 g/mol. The average molecular weight is 315 g/mol. The number of hydrogen-bond acceptors (Lipinski definition) is 3. The van der Waals surface area contributed by atoms with E-state index >= 15 is 0 Å². The van der Waals surface area contributed by atoms with Gasteiger partial charge in [0.1, 0.15) is 11.3 Å². The Bertz CT molecular complexity index is 853. The second kappa shape index (κ2) is 6.24. The normalized spacial score (nSPS) is 11.0. The summed E-state index contributed by atoms with van der Waals surface area (Å²) in [6, 6.07) is 14.9. The molecule has 1 heterocycles. The van der Waals surface area contributed by atoms with E-state index in [9.17, 15) is 9.90 Å². The lowest BCUT2D eigenvalue weighted by Crippen LogP contribution is -2.08. The monoisotopic (exact) mass is 314 g/mol. The first-order valence-electron chi connectivity index (χ1n) is 7.13. The number of aromatic hydroxyl groups is 1. The molecule has 3 aromatic rings. The van der Waals surface area contributed by atoms with Crippen LogP contribution in [0, 0.1) is 0 Å². The summed E-state index contributed by atoms with van der Waals surface area (Å²) in [7, 11) is 0. The summed E-state index contributed by atoms with van der Waals surface area (Å²) in [5.41, 5.74) is 1.34. The van der Waals surface area contributed by atoms with Crippen molar-refractivity contribution in [1.29, 1.82) is 0 Å². The molecule has 0 unspecified atom stereocenters. The zero-order valence-electron chi connectivity index (χ0n) is 11.9. The van der Waals surface area contributed by atoms with Crippen LogP contribution < -0.4 is 5.63 Å². The van der Waals surface area contributed by atoms with Gasteiger partial charge >= 0.3 is 5.63 Å². The molecule has 0 fully saturated rings.